The van der Waals surface area contributed by atoms with E-state index < -0.39 is 5.91 Å². The molecule has 0 aliphatic rings. The van der Waals surface area contributed by atoms with E-state index in [1.54, 1.807) is 12.3 Å². The number of carbonyl (C=O) groups is 1. The molecular weight excluding hydrogens is 312 g/mol. The van der Waals surface area contributed by atoms with Gasteiger partial charge < -0.3 is 10.2 Å². The number of benzene rings is 1. The molecule has 0 radical (unpaired) electrons. The van der Waals surface area contributed by atoms with Crippen LogP contribution in [0.25, 0.3) is 6.08 Å². The Morgan fingerprint density at radius 2 is 2.00 bits per heavy atom. The number of rotatable bonds is 6. The van der Waals surface area contributed by atoms with Gasteiger partial charge in [-0.15, -0.1) is 0 Å². The van der Waals surface area contributed by atoms with Crippen LogP contribution in [-0.2, 0) is 11.3 Å². The molecule has 0 saturated carbocycles. The van der Waals surface area contributed by atoms with Crippen molar-refractivity contribution in [3.8, 4) is 6.07 Å². The van der Waals surface area contributed by atoms with Gasteiger partial charge in [-0.25, -0.2) is 0 Å². The van der Waals surface area contributed by atoms with Crippen molar-refractivity contribution in [2.45, 2.75) is 6.54 Å². The van der Waals surface area contributed by atoms with E-state index in [0.29, 0.717) is 0 Å². The fourth-order valence-electron chi connectivity index (χ4n) is 2.07. The Balaban J connectivity index is 1.96. The Bertz CT molecular complexity index is 800. The van der Waals surface area contributed by atoms with E-state index in [0.717, 1.165) is 16.9 Å². The summed E-state index contributed by atoms with van der Waals surface area (Å²) in [5, 5.41) is 11.8. The summed E-state index contributed by atoms with van der Waals surface area (Å²) in [6, 6.07) is 15.4. The van der Waals surface area contributed by atoms with Crippen molar-refractivity contribution in [1.82, 2.24) is 10.3 Å². The van der Waals surface area contributed by atoms with E-state index in [2.05, 4.69) is 10.3 Å². The Labute approximate surface area is 147 Å². The normalized spacial score (nSPS) is 11.2. The maximum Gasteiger partial charge on any atom is 0.262 e. The first-order chi connectivity index (χ1) is 12.1. The summed E-state index contributed by atoms with van der Waals surface area (Å²) >= 11 is 0. The van der Waals surface area contributed by atoms with Crippen LogP contribution < -0.4 is 10.2 Å². The first-order valence-corrected chi connectivity index (χ1v) is 7.84. The summed E-state index contributed by atoms with van der Waals surface area (Å²) < 4.78 is 0. The van der Waals surface area contributed by atoms with Crippen molar-refractivity contribution in [3.05, 3.63) is 77.6 Å². The molecule has 0 aliphatic heterocycles. The van der Waals surface area contributed by atoms with Gasteiger partial charge in [0, 0.05) is 26.0 Å². The SMILES string of the molecule is CN(C)c1ccc(/C=C/C=C(\C#N)C(=O)NCc2ccccn2)cc1. The molecule has 1 aromatic heterocycles. The van der Waals surface area contributed by atoms with Crippen molar-refractivity contribution in [2.24, 2.45) is 0 Å². The minimum atomic E-state index is -0.416. The molecule has 0 fully saturated rings. The van der Waals surface area contributed by atoms with E-state index >= 15 is 0 Å². The lowest BCUT2D eigenvalue weighted by Gasteiger charge is -2.11. The maximum atomic E-state index is 12.0. The summed E-state index contributed by atoms with van der Waals surface area (Å²) in [6.07, 6.45) is 6.72. The Morgan fingerprint density at radius 3 is 2.60 bits per heavy atom. The average Bonchev–Trinajstić information content (AvgIpc) is 2.64. The third-order valence-corrected chi connectivity index (χ3v) is 3.48. The summed E-state index contributed by atoms with van der Waals surface area (Å²) in [7, 11) is 3.96. The van der Waals surface area contributed by atoms with Crippen LogP contribution in [0.5, 0.6) is 0 Å². The molecule has 2 aromatic rings. The fourth-order valence-corrected chi connectivity index (χ4v) is 2.07. The number of nitrogens with one attached hydrogen (secondary N) is 1. The van der Waals surface area contributed by atoms with Gasteiger partial charge in [0.15, 0.2) is 0 Å². The van der Waals surface area contributed by atoms with Gasteiger partial charge in [-0.1, -0.05) is 30.4 Å². The molecule has 0 unspecified atom stereocenters. The highest BCUT2D eigenvalue weighted by atomic mass is 16.1. The number of carbonyl (C=O) groups excluding carboxylic acids is 1. The molecule has 1 amide bonds. The van der Waals surface area contributed by atoms with Gasteiger partial charge in [-0.2, -0.15) is 5.26 Å². The number of hydrogen-bond acceptors (Lipinski definition) is 4. The highest BCUT2D eigenvalue weighted by molar-refractivity contribution is 5.97. The van der Waals surface area contributed by atoms with Crippen LogP contribution in [0.15, 0.2) is 66.4 Å². The van der Waals surface area contributed by atoms with Gasteiger partial charge in [0.2, 0.25) is 0 Å². The van der Waals surface area contributed by atoms with E-state index in [9.17, 15) is 4.79 Å². The molecule has 5 heteroatoms. The Hall–Kier alpha value is -3.39. The van der Waals surface area contributed by atoms with Crippen LogP contribution in [0.3, 0.4) is 0 Å². The number of anilines is 1. The molecule has 1 heterocycles. The maximum absolute atomic E-state index is 12.0. The topological polar surface area (TPSA) is 69.0 Å². The quantitative estimate of drug-likeness (QED) is 0.502. The Morgan fingerprint density at radius 1 is 1.24 bits per heavy atom. The fraction of sp³-hybridized carbons (Fsp3) is 0.150. The smallest absolute Gasteiger partial charge is 0.262 e. The molecule has 5 nitrogen and oxygen atoms in total. The van der Waals surface area contributed by atoms with Gasteiger partial charge >= 0.3 is 0 Å². The third kappa shape index (κ3) is 5.63. The van der Waals surface area contributed by atoms with Crippen LogP contribution in [0.1, 0.15) is 11.3 Å². The summed E-state index contributed by atoms with van der Waals surface area (Å²) in [6.45, 7) is 0.286. The third-order valence-electron chi connectivity index (χ3n) is 3.48. The molecule has 0 aliphatic carbocycles. The van der Waals surface area contributed by atoms with Crippen LogP contribution in [0.2, 0.25) is 0 Å². The number of hydrogen-bond donors (Lipinski definition) is 1. The summed E-state index contributed by atoms with van der Waals surface area (Å²) in [5.41, 5.74) is 2.90. The average molecular weight is 332 g/mol. The lowest BCUT2D eigenvalue weighted by atomic mass is 10.1. The molecule has 0 saturated heterocycles. The second kappa shape index (κ2) is 9.04. The lowest BCUT2D eigenvalue weighted by molar-refractivity contribution is -0.117. The van der Waals surface area contributed by atoms with Gasteiger partial charge in [0.1, 0.15) is 11.6 Å². The van der Waals surface area contributed by atoms with Crippen LogP contribution >= 0.6 is 0 Å². The minimum absolute atomic E-state index is 0.0529. The minimum Gasteiger partial charge on any atom is -0.378 e. The summed E-state index contributed by atoms with van der Waals surface area (Å²) in [4.78, 5) is 18.2. The van der Waals surface area contributed by atoms with Gasteiger partial charge in [0.05, 0.1) is 12.2 Å². The molecule has 1 N–H and O–H groups in total. The molecule has 0 atom stereocenters. The van der Waals surface area contributed by atoms with Crippen molar-refractivity contribution in [2.75, 3.05) is 19.0 Å². The van der Waals surface area contributed by atoms with Crippen molar-refractivity contribution < 1.29 is 4.79 Å². The lowest BCUT2D eigenvalue weighted by Crippen LogP contribution is -2.24. The molecule has 2 rings (SSSR count). The molecule has 126 valence electrons. The standard InChI is InChI=1S/C20H20N4O/c1-24(2)19-11-9-16(10-12-19)6-5-7-17(14-21)20(25)23-15-18-8-3-4-13-22-18/h3-13H,15H2,1-2H3,(H,23,25)/b6-5+,17-7+. The molecule has 1 aromatic carbocycles. The zero-order valence-corrected chi connectivity index (χ0v) is 14.3. The highest BCUT2D eigenvalue weighted by Gasteiger charge is 2.07. The van der Waals surface area contributed by atoms with Gasteiger partial charge in [0.25, 0.3) is 5.91 Å². The monoisotopic (exact) mass is 332 g/mol. The van der Waals surface area contributed by atoms with E-state index in [-0.39, 0.29) is 12.1 Å². The van der Waals surface area contributed by atoms with Crippen molar-refractivity contribution in [1.29, 1.82) is 5.26 Å². The van der Waals surface area contributed by atoms with E-state index in [4.69, 9.17) is 5.26 Å². The number of allylic oxidation sites excluding steroid dienone is 2. The van der Waals surface area contributed by atoms with Crippen LogP contribution in [0, 0.1) is 11.3 Å². The number of pyridine rings is 1. The van der Waals surface area contributed by atoms with Gasteiger partial charge in [-0.3, -0.25) is 9.78 Å². The molecule has 0 bridgehead atoms. The second-order valence-corrected chi connectivity index (χ2v) is 5.54. The van der Waals surface area contributed by atoms with E-state index in [1.165, 1.54) is 6.08 Å². The van der Waals surface area contributed by atoms with Crippen LogP contribution in [-0.4, -0.2) is 25.0 Å². The van der Waals surface area contributed by atoms with Crippen molar-refractivity contribution >= 4 is 17.7 Å². The predicted octanol–water partition coefficient (Wildman–Crippen LogP) is 2.93. The summed E-state index contributed by atoms with van der Waals surface area (Å²) in [5.74, 6) is -0.416. The molecule has 0 spiro atoms. The molecular formula is C20H20N4O. The number of nitriles is 1. The van der Waals surface area contributed by atoms with Crippen LogP contribution in [0.4, 0.5) is 5.69 Å². The first kappa shape index (κ1) is 18.0. The van der Waals surface area contributed by atoms with Gasteiger partial charge in [-0.05, 0) is 35.9 Å². The largest absolute Gasteiger partial charge is 0.378 e. The zero-order valence-electron chi connectivity index (χ0n) is 14.3. The number of nitrogens with zero attached hydrogens (tertiary/aromatic N) is 3. The number of aromatic nitrogens is 1. The number of amides is 1. The zero-order chi connectivity index (χ0) is 18.1. The second-order valence-electron chi connectivity index (χ2n) is 5.54. The highest BCUT2D eigenvalue weighted by Crippen LogP contribution is 2.13. The van der Waals surface area contributed by atoms with Crippen molar-refractivity contribution in [3.63, 3.8) is 0 Å². The van der Waals surface area contributed by atoms with E-state index in [1.807, 2.05) is 73.6 Å². The molecule has 25 heavy (non-hydrogen) atoms. The Kier molecular flexibility index (Phi) is 6.49. The predicted molar refractivity (Wildman–Crippen MR) is 99.6 cm³/mol. The first-order valence-electron chi connectivity index (χ1n) is 7.84.